The average molecular weight is 464 g/mol. The smallest absolute Gasteiger partial charge is 0.255 e. The number of fused-ring (bicyclic) bond motifs is 3. The quantitative estimate of drug-likeness (QED) is 0.339. The van der Waals surface area contributed by atoms with Crippen molar-refractivity contribution in [3.8, 4) is 0 Å². The first-order valence-electron chi connectivity index (χ1n) is 11.3. The van der Waals surface area contributed by atoms with Crippen LogP contribution in [0.15, 0.2) is 22.7 Å². The number of primary amides is 1. The second kappa shape index (κ2) is 7.90. The normalized spacial score (nSPS) is 41.3. The zero-order valence-electron chi connectivity index (χ0n) is 19.4. The van der Waals surface area contributed by atoms with Crippen LogP contribution in [-0.4, -0.2) is 99.7 Å². The van der Waals surface area contributed by atoms with Crippen LogP contribution in [-0.2, 0) is 14.4 Å². The number of rotatable bonds is 3. The molecule has 33 heavy (non-hydrogen) atoms. The highest BCUT2D eigenvalue weighted by atomic mass is 16.4. The SMILES string of the molecule is CN(C)[C@@H]1CC[C@H](O)[C@H]2C(=O)C3=C(O)[C@]4(O)C(O)=C(C(N)=O)C(=O)[C@@H](N(C)C)[C@@H]4C[C@@H]3C[C@H]21. The van der Waals surface area contributed by atoms with Gasteiger partial charge >= 0.3 is 0 Å². The average Bonchev–Trinajstić information content (AvgIpc) is 2.70. The first-order valence-corrected chi connectivity index (χ1v) is 11.3. The highest BCUT2D eigenvalue weighted by Gasteiger charge is 2.64. The van der Waals surface area contributed by atoms with Crippen molar-refractivity contribution < 1.29 is 34.8 Å². The summed E-state index contributed by atoms with van der Waals surface area (Å²) >= 11 is 0. The number of hydrogen-bond donors (Lipinski definition) is 5. The van der Waals surface area contributed by atoms with Gasteiger partial charge in [-0.1, -0.05) is 0 Å². The monoisotopic (exact) mass is 463 g/mol. The fraction of sp³-hybridized carbons (Fsp3) is 0.696. The number of ketones is 2. The Labute approximate surface area is 192 Å². The third-order valence-corrected chi connectivity index (χ3v) is 8.31. The molecular weight excluding hydrogens is 430 g/mol. The molecule has 0 bridgehead atoms. The van der Waals surface area contributed by atoms with Gasteiger partial charge in [0.1, 0.15) is 17.1 Å². The highest BCUT2D eigenvalue weighted by molar-refractivity contribution is 6.22. The number of hydrogen-bond acceptors (Lipinski definition) is 9. The minimum atomic E-state index is -2.50. The third kappa shape index (κ3) is 3.18. The molecule has 2 saturated carbocycles. The standard InChI is InChI=1S/C23H33N3O7/c1-25(2)12-5-6-13(27)15-10(12)7-9-8-11-17(26(3)4)19(29)16(22(24)32)21(31)23(11,33)20(30)14(9)18(15)28/h9-13,15,17,27,30-31,33H,5-8H2,1-4H3,(H2,24,32)/t9-,10-,11-,12+,13-,15-,17-,23-/m0/s1. The minimum absolute atomic E-state index is 0.0318. The van der Waals surface area contributed by atoms with Crippen molar-refractivity contribution in [1.82, 2.24) is 9.80 Å². The van der Waals surface area contributed by atoms with E-state index in [1.165, 1.54) is 4.90 Å². The second-order valence-corrected chi connectivity index (χ2v) is 10.4. The molecule has 8 atom stereocenters. The van der Waals surface area contributed by atoms with Crippen LogP contribution in [0.1, 0.15) is 25.7 Å². The molecule has 4 aliphatic carbocycles. The van der Waals surface area contributed by atoms with Crippen LogP contribution < -0.4 is 5.73 Å². The summed E-state index contributed by atoms with van der Waals surface area (Å²) in [5, 5.41) is 44.4. The lowest BCUT2D eigenvalue weighted by Gasteiger charge is -2.54. The van der Waals surface area contributed by atoms with Crippen molar-refractivity contribution in [2.24, 2.45) is 29.4 Å². The zero-order chi connectivity index (χ0) is 24.6. The Morgan fingerprint density at radius 2 is 1.64 bits per heavy atom. The Morgan fingerprint density at radius 1 is 1.00 bits per heavy atom. The molecule has 0 aromatic heterocycles. The summed E-state index contributed by atoms with van der Waals surface area (Å²) in [4.78, 5) is 42.3. The third-order valence-electron chi connectivity index (χ3n) is 8.31. The molecule has 0 aromatic rings. The Hall–Kier alpha value is -2.27. The Morgan fingerprint density at radius 3 is 2.18 bits per heavy atom. The first kappa shape index (κ1) is 23.9. The van der Waals surface area contributed by atoms with E-state index >= 15 is 0 Å². The van der Waals surface area contributed by atoms with Gasteiger partial charge in [-0.2, -0.15) is 0 Å². The maximum Gasteiger partial charge on any atom is 0.255 e. The van der Waals surface area contributed by atoms with E-state index in [1.807, 2.05) is 19.0 Å². The van der Waals surface area contributed by atoms with E-state index in [1.54, 1.807) is 14.1 Å². The largest absolute Gasteiger partial charge is 0.508 e. The van der Waals surface area contributed by atoms with Crippen LogP contribution in [0, 0.1) is 23.7 Å². The molecule has 0 radical (unpaired) electrons. The van der Waals surface area contributed by atoms with E-state index in [0.717, 1.165) is 6.42 Å². The van der Waals surface area contributed by atoms with Crippen LogP contribution in [0.5, 0.6) is 0 Å². The first-order chi connectivity index (χ1) is 15.3. The lowest BCUT2D eigenvalue weighted by atomic mass is 9.54. The van der Waals surface area contributed by atoms with Crippen LogP contribution in [0.25, 0.3) is 0 Å². The van der Waals surface area contributed by atoms with E-state index in [-0.39, 0.29) is 24.0 Å². The van der Waals surface area contributed by atoms with Gasteiger partial charge in [0.15, 0.2) is 17.2 Å². The molecule has 4 aliphatic rings. The number of carbonyl (C=O) groups excluding carboxylic acids is 3. The van der Waals surface area contributed by atoms with Crippen LogP contribution in [0.4, 0.5) is 0 Å². The van der Waals surface area contributed by atoms with Gasteiger partial charge in [-0.3, -0.25) is 19.3 Å². The molecule has 0 saturated heterocycles. The van der Waals surface area contributed by atoms with Gasteiger partial charge in [0, 0.05) is 17.5 Å². The van der Waals surface area contributed by atoms with Gasteiger partial charge in [-0.05, 0) is 65.7 Å². The molecule has 10 nitrogen and oxygen atoms in total. The molecule has 182 valence electrons. The number of likely N-dealkylation sites (N-methyl/N-ethyl adjacent to an activating group) is 1. The van der Waals surface area contributed by atoms with E-state index in [2.05, 4.69) is 0 Å². The summed E-state index contributed by atoms with van der Waals surface area (Å²) in [5.74, 6) is -6.51. The summed E-state index contributed by atoms with van der Waals surface area (Å²) in [6.45, 7) is 0. The Balaban J connectivity index is 1.90. The molecular formula is C23H33N3O7. The lowest BCUT2D eigenvalue weighted by molar-refractivity contribution is -0.142. The number of nitrogens with zero attached hydrogens (tertiary/aromatic N) is 2. The maximum absolute atomic E-state index is 13.6. The number of nitrogens with two attached hydrogens (primary N) is 1. The van der Waals surface area contributed by atoms with Crippen molar-refractivity contribution in [3.05, 3.63) is 22.7 Å². The van der Waals surface area contributed by atoms with Crippen molar-refractivity contribution in [2.75, 3.05) is 28.2 Å². The molecule has 0 heterocycles. The molecule has 6 N–H and O–H groups in total. The predicted octanol–water partition coefficient (Wildman–Crippen LogP) is -0.734. The van der Waals surface area contributed by atoms with Gasteiger partial charge in [0.05, 0.1) is 18.1 Å². The second-order valence-electron chi connectivity index (χ2n) is 10.4. The number of carbonyl (C=O) groups is 3. The van der Waals surface area contributed by atoms with Gasteiger partial charge in [0.2, 0.25) is 0 Å². The summed E-state index contributed by atoms with van der Waals surface area (Å²) in [5.41, 5.74) is 2.03. The molecule has 0 spiro atoms. The molecule has 0 aliphatic heterocycles. The number of aliphatic hydroxyl groups is 4. The number of Topliss-reactive ketones (excluding diaryl/α,β-unsaturated/α-hetero) is 2. The Bertz CT molecular complexity index is 971. The van der Waals surface area contributed by atoms with Gasteiger partial charge in [-0.25, -0.2) is 0 Å². The maximum atomic E-state index is 13.6. The highest BCUT2D eigenvalue weighted by Crippen LogP contribution is 2.55. The van der Waals surface area contributed by atoms with Crippen molar-refractivity contribution in [2.45, 2.75) is 49.5 Å². The van der Waals surface area contributed by atoms with Crippen molar-refractivity contribution in [1.29, 1.82) is 0 Å². The number of aliphatic hydroxyl groups excluding tert-OH is 3. The fourth-order valence-corrected chi connectivity index (χ4v) is 6.90. The predicted molar refractivity (Wildman–Crippen MR) is 117 cm³/mol. The molecule has 4 rings (SSSR count). The molecule has 2 fully saturated rings. The summed E-state index contributed by atoms with van der Waals surface area (Å²) < 4.78 is 0. The summed E-state index contributed by atoms with van der Waals surface area (Å²) in [6, 6.07) is -0.967. The van der Waals surface area contributed by atoms with Crippen LogP contribution >= 0.6 is 0 Å². The minimum Gasteiger partial charge on any atom is -0.508 e. The topological polar surface area (TPSA) is 165 Å². The van der Waals surface area contributed by atoms with Gasteiger partial charge < -0.3 is 31.1 Å². The van der Waals surface area contributed by atoms with Gasteiger partial charge in [-0.15, -0.1) is 0 Å². The van der Waals surface area contributed by atoms with E-state index in [9.17, 15) is 34.8 Å². The lowest BCUT2D eigenvalue weighted by Crippen LogP contribution is -2.64. The molecule has 10 heteroatoms. The molecule has 0 aromatic carbocycles. The number of amides is 1. The Kier molecular flexibility index (Phi) is 5.72. The van der Waals surface area contributed by atoms with E-state index in [4.69, 9.17) is 5.73 Å². The van der Waals surface area contributed by atoms with E-state index < -0.39 is 70.1 Å². The van der Waals surface area contributed by atoms with Crippen LogP contribution in [0.2, 0.25) is 0 Å². The van der Waals surface area contributed by atoms with Gasteiger partial charge in [0.25, 0.3) is 5.91 Å². The molecule has 1 amide bonds. The number of allylic oxidation sites excluding steroid dienone is 1. The zero-order valence-corrected chi connectivity index (χ0v) is 19.4. The fourth-order valence-electron chi connectivity index (χ4n) is 6.90. The van der Waals surface area contributed by atoms with Crippen molar-refractivity contribution >= 4 is 17.5 Å². The molecule has 0 unspecified atom stereocenters. The van der Waals surface area contributed by atoms with Crippen LogP contribution in [0.3, 0.4) is 0 Å². The summed E-state index contributed by atoms with van der Waals surface area (Å²) in [7, 11) is 7.06. The van der Waals surface area contributed by atoms with Crippen molar-refractivity contribution in [3.63, 3.8) is 0 Å². The van der Waals surface area contributed by atoms with E-state index in [0.29, 0.717) is 12.8 Å². The summed E-state index contributed by atoms with van der Waals surface area (Å²) in [6.07, 6.45) is 0.934.